The van der Waals surface area contributed by atoms with Gasteiger partial charge in [-0.25, -0.2) is 4.39 Å². The van der Waals surface area contributed by atoms with Crippen molar-refractivity contribution in [2.24, 2.45) is 0 Å². The summed E-state index contributed by atoms with van der Waals surface area (Å²) in [6, 6.07) is 27.3. The molecule has 5 rings (SSSR count). The average molecular weight is 698 g/mol. The number of aldehydes is 1. The number of carbonyl (C=O) groups excluding carboxylic acids is 5. The first kappa shape index (κ1) is 41.5. The zero-order valence-electron chi connectivity index (χ0n) is 28.9. The molecular formula is C40H48FN5O5. The first-order chi connectivity index (χ1) is 23.8. The van der Waals surface area contributed by atoms with Crippen LogP contribution in [-0.4, -0.2) is 59.9 Å². The highest BCUT2D eigenvalue weighted by Gasteiger charge is 2.19. The Kier molecular flexibility index (Phi) is 16.4. The number of para-hydroxylation sites is 1. The van der Waals surface area contributed by atoms with E-state index >= 15 is 0 Å². The van der Waals surface area contributed by atoms with E-state index in [4.69, 9.17) is 0 Å². The zero-order valence-corrected chi connectivity index (χ0v) is 28.9. The average Bonchev–Trinajstić information content (AvgIpc) is 3.52. The van der Waals surface area contributed by atoms with Crippen LogP contribution in [0.3, 0.4) is 0 Å². The molecule has 1 aromatic heterocycles. The van der Waals surface area contributed by atoms with Gasteiger partial charge >= 0.3 is 0 Å². The van der Waals surface area contributed by atoms with Crippen LogP contribution in [-0.2, 0) is 32.1 Å². The van der Waals surface area contributed by atoms with Gasteiger partial charge in [-0.3, -0.25) is 19.2 Å². The molecule has 3 amide bonds. The summed E-state index contributed by atoms with van der Waals surface area (Å²) in [6.45, 7) is 7.69. The number of carbonyl (C=O) groups is 5. The van der Waals surface area contributed by atoms with Gasteiger partial charge in [0.15, 0.2) is 0 Å². The molecule has 0 spiro atoms. The fourth-order valence-corrected chi connectivity index (χ4v) is 5.06. The molecule has 0 aliphatic carbocycles. The van der Waals surface area contributed by atoms with Gasteiger partial charge in [0.2, 0.25) is 11.8 Å². The molecule has 0 fully saturated rings. The molecule has 0 saturated carbocycles. The SMILES string of the molecule is C.CC(=O)NC(C)(C)C.CNC(Cc1ccc(F)cc1)C(=O)NCc1cccc2ccccc12.O=CCNC(=O)C(=O)c1c[nH]c2ccccc12. The summed E-state index contributed by atoms with van der Waals surface area (Å²) in [6.07, 6.45) is 2.53. The predicted octanol–water partition coefficient (Wildman–Crippen LogP) is 5.65. The van der Waals surface area contributed by atoms with Crippen molar-refractivity contribution in [3.8, 4) is 0 Å². The van der Waals surface area contributed by atoms with Crippen molar-refractivity contribution in [1.29, 1.82) is 0 Å². The van der Waals surface area contributed by atoms with Crippen LogP contribution in [0.5, 0.6) is 0 Å². The van der Waals surface area contributed by atoms with Gasteiger partial charge in [-0.2, -0.15) is 0 Å². The lowest BCUT2D eigenvalue weighted by atomic mass is 10.0. The molecule has 5 N–H and O–H groups in total. The van der Waals surface area contributed by atoms with Crippen LogP contribution >= 0.6 is 0 Å². The van der Waals surface area contributed by atoms with E-state index in [1.165, 1.54) is 25.3 Å². The maximum atomic E-state index is 13.0. The zero-order chi connectivity index (χ0) is 36.7. The normalized spacial score (nSPS) is 11.0. The molecule has 0 radical (unpaired) electrons. The summed E-state index contributed by atoms with van der Waals surface area (Å²) in [5, 5.41) is 14.0. The summed E-state index contributed by atoms with van der Waals surface area (Å²) in [5.41, 5.74) is 3.03. The van der Waals surface area contributed by atoms with Crippen molar-refractivity contribution in [3.05, 3.63) is 120 Å². The van der Waals surface area contributed by atoms with Gasteiger partial charge < -0.3 is 31.0 Å². The molecule has 1 heterocycles. The monoisotopic (exact) mass is 697 g/mol. The number of hydrogen-bond acceptors (Lipinski definition) is 6. The standard InChI is InChI=1S/C21H21FN2O.C12H10N2O3.C6H13NO.CH4/c1-23-20(13-15-9-11-18(22)12-10-15)21(25)24-14-17-7-4-6-16-5-2-3-8-19(16)17;15-6-5-13-12(17)11(16)9-7-14-10-4-2-1-3-8(9)10;1-5(8)7-6(2,3)4;/h2-12,20,23H,13-14H2,1H3,(H,24,25);1-4,6-7,14H,5H2,(H,13,17);1-4H3,(H,7,8);1H4. The highest BCUT2D eigenvalue weighted by Crippen LogP contribution is 2.19. The first-order valence-corrected chi connectivity index (χ1v) is 16.1. The summed E-state index contributed by atoms with van der Waals surface area (Å²) >= 11 is 0. The Balaban J connectivity index is 0.000000300. The van der Waals surface area contributed by atoms with Gasteiger partial charge in [-0.15, -0.1) is 0 Å². The Morgan fingerprint density at radius 3 is 2.08 bits per heavy atom. The van der Waals surface area contributed by atoms with E-state index in [0.29, 0.717) is 30.2 Å². The third kappa shape index (κ3) is 13.3. The smallest absolute Gasteiger partial charge is 0.292 e. The minimum absolute atomic E-state index is 0. The predicted molar refractivity (Wildman–Crippen MR) is 201 cm³/mol. The second-order valence-electron chi connectivity index (χ2n) is 12.4. The third-order valence-corrected chi connectivity index (χ3v) is 7.29. The van der Waals surface area contributed by atoms with E-state index in [9.17, 15) is 28.4 Å². The van der Waals surface area contributed by atoms with E-state index < -0.39 is 11.7 Å². The van der Waals surface area contributed by atoms with Crippen molar-refractivity contribution in [2.45, 2.75) is 59.7 Å². The van der Waals surface area contributed by atoms with Gasteiger partial charge in [0.1, 0.15) is 12.1 Å². The van der Waals surface area contributed by atoms with Crippen LogP contribution in [0.15, 0.2) is 97.2 Å². The lowest BCUT2D eigenvalue weighted by molar-refractivity contribution is -0.123. The van der Waals surface area contributed by atoms with E-state index in [1.807, 2.05) is 57.2 Å². The van der Waals surface area contributed by atoms with Crippen LogP contribution in [0.1, 0.15) is 56.6 Å². The van der Waals surface area contributed by atoms with Gasteiger partial charge in [0, 0.05) is 36.1 Å². The van der Waals surface area contributed by atoms with E-state index in [-0.39, 0.29) is 43.2 Å². The van der Waals surface area contributed by atoms with Crippen molar-refractivity contribution in [3.63, 3.8) is 0 Å². The Hall–Kier alpha value is -5.68. The Bertz CT molecular complexity index is 1910. The second-order valence-corrected chi connectivity index (χ2v) is 12.4. The molecule has 0 bridgehead atoms. The van der Waals surface area contributed by atoms with Gasteiger partial charge in [-0.1, -0.05) is 80.2 Å². The summed E-state index contributed by atoms with van der Waals surface area (Å²) in [5.74, 6) is -1.74. The summed E-state index contributed by atoms with van der Waals surface area (Å²) in [7, 11) is 1.76. The van der Waals surface area contributed by atoms with E-state index in [2.05, 4.69) is 44.5 Å². The van der Waals surface area contributed by atoms with Crippen LogP contribution < -0.4 is 21.3 Å². The lowest BCUT2D eigenvalue weighted by Gasteiger charge is -2.18. The van der Waals surface area contributed by atoms with Gasteiger partial charge in [-0.05, 0) is 74.3 Å². The summed E-state index contributed by atoms with van der Waals surface area (Å²) < 4.78 is 13.0. The Labute approximate surface area is 298 Å². The maximum absolute atomic E-state index is 13.0. The van der Waals surface area contributed by atoms with Crippen molar-refractivity contribution < 1.29 is 28.4 Å². The number of nitrogens with one attached hydrogen (secondary N) is 5. The largest absolute Gasteiger partial charge is 0.360 e. The van der Waals surface area contributed by atoms with Gasteiger partial charge in [0.25, 0.3) is 11.7 Å². The first-order valence-electron chi connectivity index (χ1n) is 16.1. The molecule has 4 aromatic carbocycles. The fourth-order valence-electron chi connectivity index (χ4n) is 5.06. The molecule has 0 saturated heterocycles. The molecule has 1 unspecified atom stereocenters. The number of amides is 3. The van der Waals surface area contributed by atoms with E-state index in [0.717, 1.165) is 27.4 Å². The number of benzene rings is 4. The highest BCUT2D eigenvalue weighted by atomic mass is 19.1. The molecule has 1 atom stereocenters. The molecule has 5 aromatic rings. The maximum Gasteiger partial charge on any atom is 0.292 e. The molecule has 10 nitrogen and oxygen atoms in total. The topological polar surface area (TPSA) is 149 Å². The lowest BCUT2D eigenvalue weighted by Crippen LogP contribution is -2.43. The van der Waals surface area contributed by atoms with Gasteiger partial charge in [0.05, 0.1) is 18.2 Å². The molecular weight excluding hydrogens is 649 g/mol. The third-order valence-electron chi connectivity index (χ3n) is 7.29. The minimum atomic E-state index is -0.776. The number of Topliss-reactive ketones (excluding diaryl/α,β-unsaturated/α-hetero) is 1. The van der Waals surface area contributed by atoms with E-state index in [1.54, 1.807) is 31.3 Å². The number of fused-ring (bicyclic) bond motifs is 2. The number of likely N-dealkylation sites (N-methyl/N-ethyl adjacent to an activating group) is 1. The number of rotatable bonds is 10. The molecule has 51 heavy (non-hydrogen) atoms. The van der Waals surface area contributed by atoms with Crippen molar-refractivity contribution in [1.82, 2.24) is 26.3 Å². The Morgan fingerprint density at radius 2 is 1.47 bits per heavy atom. The fraction of sp³-hybridized carbons (Fsp3) is 0.275. The number of ketones is 1. The molecule has 0 aliphatic rings. The van der Waals surface area contributed by atoms with Crippen molar-refractivity contribution in [2.75, 3.05) is 13.6 Å². The molecule has 11 heteroatoms. The number of H-pyrrole nitrogens is 1. The van der Waals surface area contributed by atoms with Crippen LogP contribution in [0.4, 0.5) is 4.39 Å². The van der Waals surface area contributed by atoms with Crippen molar-refractivity contribution >= 4 is 51.5 Å². The van der Waals surface area contributed by atoms with Crippen LogP contribution in [0, 0.1) is 5.82 Å². The number of aromatic nitrogens is 1. The second kappa shape index (κ2) is 20.1. The number of hydrogen-bond donors (Lipinski definition) is 5. The van der Waals surface area contributed by atoms with Crippen LogP contribution in [0.2, 0.25) is 0 Å². The number of aromatic amines is 1. The highest BCUT2D eigenvalue weighted by molar-refractivity contribution is 6.45. The minimum Gasteiger partial charge on any atom is -0.360 e. The number of halogens is 1. The Morgan fingerprint density at radius 1 is 0.843 bits per heavy atom. The molecule has 0 aliphatic heterocycles. The van der Waals surface area contributed by atoms with Crippen LogP contribution in [0.25, 0.3) is 21.7 Å². The summed E-state index contributed by atoms with van der Waals surface area (Å²) in [4.78, 5) is 59.1. The quantitative estimate of drug-likeness (QED) is 0.0724. The molecule has 270 valence electrons.